The van der Waals surface area contributed by atoms with Gasteiger partial charge in [0.25, 0.3) is 0 Å². The predicted octanol–water partition coefficient (Wildman–Crippen LogP) is 4.24. The Kier molecular flexibility index (Phi) is 1.98. The Hall–Kier alpha value is -0.530. The highest BCUT2D eigenvalue weighted by Crippen LogP contribution is 2.95. The lowest BCUT2D eigenvalue weighted by atomic mass is 9.61. The first-order valence-electron chi connectivity index (χ1n) is 11.5. The Bertz CT molecular complexity index is 789. The average molecular weight is 353 g/mol. The quantitative estimate of drug-likeness (QED) is 0.660. The van der Waals surface area contributed by atoms with Gasteiger partial charge >= 0.3 is 5.97 Å². The second-order valence-electron chi connectivity index (χ2n) is 12.6. The molecule has 0 aromatic carbocycles. The van der Waals surface area contributed by atoms with Crippen molar-refractivity contribution in [2.24, 2.45) is 87.3 Å². The van der Waals surface area contributed by atoms with Crippen LogP contribution in [0.25, 0.3) is 0 Å². The van der Waals surface area contributed by atoms with Crippen molar-refractivity contribution in [1.29, 1.82) is 0 Å². The van der Waals surface area contributed by atoms with Gasteiger partial charge in [0.05, 0.1) is 12.5 Å². The molecule has 0 aliphatic heterocycles. The smallest absolute Gasteiger partial charge is 0.312 e. The number of hydrogen-bond acceptors (Lipinski definition) is 2. The first kappa shape index (κ1) is 14.5. The number of methoxy groups -OCH3 is 1. The molecule has 0 aromatic rings. The van der Waals surface area contributed by atoms with Crippen molar-refractivity contribution < 1.29 is 9.53 Å². The van der Waals surface area contributed by atoms with Crippen LogP contribution in [-0.4, -0.2) is 13.1 Å². The van der Waals surface area contributed by atoms with E-state index >= 15 is 0 Å². The molecule has 0 unspecified atom stereocenters. The summed E-state index contributed by atoms with van der Waals surface area (Å²) in [7, 11) is 1.66. The summed E-state index contributed by atoms with van der Waals surface area (Å²) < 4.78 is 5.56. The van der Waals surface area contributed by atoms with E-state index in [0.717, 1.165) is 59.2 Å². The predicted molar refractivity (Wildman–Crippen MR) is 96.7 cm³/mol. The third kappa shape index (κ3) is 0.937. The molecule has 8 saturated carbocycles. The summed E-state index contributed by atoms with van der Waals surface area (Å²) in [5.74, 6) is 10.7. The fourth-order valence-electron chi connectivity index (χ4n) is 14.0. The van der Waals surface area contributed by atoms with Gasteiger partial charge < -0.3 is 4.74 Å². The van der Waals surface area contributed by atoms with Gasteiger partial charge in [0.2, 0.25) is 0 Å². The standard InChI is InChI=1S/C24H32O2/c1-22-8-7-11-16-14-13-15(24(16,3)21(25)26-4)9-5-6-10-12(9)18(13)23(2,20(10)22)19(14)17(11)22/h9-20H,5-8H2,1-4H3/t9-,10-,11-,12-,13-,14+,15-,16+,17+,18-,19-,20-,22+,23-,24+/m1/s1. The molecule has 8 aliphatic carbocycles. The van der Waals surface area contributed by atoms with E-state index < -0.39 is 0 Å². The maximum Gasteiger partial charge on any atom is 0.312 e. The molecule has 0 N–H and O–H groups in total. The summed E-state index contributed by atoms with van der Waals surface area (Å²) in [5, 5.41) is 0. The van der Waals surface area contributed by atoms with Crippen LogP contribution in [-0.2, 0) is 9.53 Å². The minimum absolute atomic E-state index is 0.164. The molecule has 0 saturated heterocycles. The molecule has 8 fully saturated rings. The van der Waals surface area contributed by atoms with E-state index in [1.54, 1.807) is 7.11 Å². The molecule has 8 aliphatic rings. The Labute approximate surface area is 156 Å². The lowest BCUT2D eigenvalue weighted by Gasteiger charge is -2.43. The van der Waals surface area contributed by atoms with Gasteiger partial charge in [-0.15, -0.1) is 0 Å². The topological polar surface area (TPSA) is 26.3 Å². The minimum atomic E-state index is -0.176. The van der Waals surface area contributed by atoms with E-state index in [-0.39, 0.29) is 11.4 Å². The molecule has 0 bridgehead atoms. The first-order valence-corrected chi connectivity index (χ1v) is 11.5. The van der Waals surface area contributed by atoms with Crippen LogP contribution < -0.4 is 0 Å². The number of carbonyl (C=O) groups is 1. The van der Waals surface area contributed by atoms with Crippen molar-refractivity contribution in [2.75, 3.05) is 7.11 Å². The van der Waals surface area contributed by atoms with Crippen LogP contribution in [0.5, 0.6) is 0 Å². The van der Waals surface area contributed by atoms with Crippen LogP contribution in [0, 0.1) is 87.3 Å². The second-order valence-corrected chi connectivity index (χ2v) is 12.6. The van der Waals surface area contributed by atoms with E-state index in [2.05, 4.69) is 20.8 Å². The first-order chi connectivity index (χ1) is 12.4. The third-order valence-corrected chi connectivity index (χ3v) is 13.1. The summed E-state index contributed by atoms with van der Waals surface area (Å²) in [6, 6.07) is 0. The molecule has 2 heteroatoms. The fourth-order valence-corrected chi connectivity index (χ4v) is 14.0. The van der Waals surface area contributed by atoms with E-state index in [9.17, 15) is 4.79 Å². The van der Waals surface area contributed by atoms with Crippen LogP contribution in [0.2, 0.25) is 0 Å². The van der Waals surface area contributed by atoms with Crippen molar-refractivity contribution in [2.45, 2.75) is 46.5 Å². The fraction of sp³-hybridized carbons (Fsp3) is 0.958. The normalized spacial score (nSPS) is 77.2. The lowest BCUT2D eigenvalue weighted by molar-refractivity contribution is -0.160. The zero-order valence-electron chi connectivity index (χ0n) is 16.6. The van der Waals surface area contributed by atoms with Gasteiger partial charge in [0.1, 0.15) is 0 Å². The van der Waals surface area contributed by atoms with Crippen molar-refractivity contribution in [3.63, 3.8) is 0 Å². The highest BCUT2D eigenvalue weighted by Gasteiger charge is 2.92. The van der Waals surface area contributed by atoms with Crippen molar-refractivity contribution >= 4 is 5.97 Å². The van der Waals surface area contributed by atoms with Crippen molar-refractivity contribution in [3.05, 3.63) is 0 Å². The molecule has 0 radical (unpaired) electrons. The maximum atomic E-state index is 13.4. The number of ether oxygens (including phenoxy) is 1. The zero-order valence-corrected chi connectivity index (χ0v) is 16.6. The van der Waals surface area contributed by atoms with Gasteiger partial charge in [0.15, 0.2) is 0 Å². The molecule has 26 heavy (non-hydrogen) atoms. The molecule has 15 atom stereocenters. The number of fused-ring (bicyclic) bond motifs is 4. The van der Waals surface area contributed by atoms with Gasteiger partial charge in [-0.2, -0.15) is 0 Å². The molecule has 0 amide bonds. The van der Waals surface area contributed by atoms with Gasteiger partial charge in [-0.05, 0) is 114 Å². The molecule has 140 valence electrons. The summed E-state index contributed by atoms with van der Waals surface area (Å²) >= 11 is 0. The molecular formula is C24H32O2. The summed E-state index contributed by atoms with van der Waals surface area (Å²) in [6.45, 7) is 7.86. The molecule has 2 nitrogen and oxygen atoms in total. The second kappa shape index (κ2) is 3.57. The van der Waals surface area contributed by atoms with Gasteiger partial charge in [0, 0.05) is 0 Å². The minimum Gasteiger partial charge on any atom is -0.469 e. The maximum absolute atomic E-state index is 13.4. The van der Waals surface area contributed by atoms with Crippen LogP contribution in [0.1, 0.15) is 46.5 Å². The highest BCUT2D eigenvalue weighted by atomic mass is 16.5. The Balaban J connectivity index is 1.48. The third-order valence-electron chi connectivity index (χ3n) is 13.1. The van der Waals surface area contributed by atoms with E-state index in [0.29, 0.717) is 22.7 Å². The van der Waals surface area contributed by atoms with Gasteiger partial charge in [-0.3, -0.25) is 4.79 Å². The van der Waals surface area contributed by atoms with Gasteiger partial charge in [-0.25, -0.2) is 0 Å². The van der Waals surface area contributed by atoms with Crippen LogP contribution >= 0.6 is 0 Å². The molecule has 0 aromatic heterocycles. The summed E-state index contributed by atoms with van der Waals surface area (Å²) in [5.41, 5.74) is 1.04. The van der Waals surface area contributed by atoms with E-state index in [1.807, 2.05) is 0 Å². The Morgan fingerprint density at radius 1 is 0.808 bits per heavy atom. The van der Waals surface area contributed by atoms with Crippen molar-refractivity contribution in [3.8, 4) is 0 Å². The number of esters is 1. The molecule has 0 spiro atoms. The Morgan fingerprint density at radius 2 is 1.50 bits per heavy atom. The number of hydrogen-bond donors (Lipinski definition) is 0. The Morgan fingerprint density at radius 3 is 2.27 bits per heavy atom. The lowest BCUT2D eigenvalue weighted by Crippen LogP contribution is -2.45. The van der Waals surface area contributed by atoms with Crippen LogP contribution in [0.4, 0.5) is 0 Å². The van der Waals surface area contributed by atoms with E-state index in [1.165, 1.54) is 25.7 Å². The van der Waals surface area contributed by atoms with Gasteiger partial charge in [-0.1, -0.05) is 13.8 Å². The van der Waals surface area contributed by atoms with Crippen LogP contribution in [0.3, 0.4) is 0 Å². The highest BCUT2D eigenvalue weighted by molar-refractivity contribution is 5.79. The zero-order chi connectivity index (χ0) is 17.5. The molecule has 8 rings (SSSR count). The average Bonchev–Trinajstić information content (AvgIpc) is 3.36. The number of rotatable bonds is 1. The summed E-state index contributed by atoms with van der Waals surface area (Å²) in [6.07, 6.45) is 5.75. The molecular weight excluding hydrogens is 320 g/mol. The van der Waals surface area contributed by atoms with E-state index in [4.69, 9.17) is 4.74 Å². The SMILES string of the molecule is COC(=O)[C@@]1(C)[C@@H]2[C@@H]3CC[C@@H]4[C@@H]3[C@@H]3[C@@H]2[C@H]2[C@@H]1[C@H]1CC[C@@]5(C)[C@@H]1[C@@H]2[C@]3(C)[C@H]45. The van der Waals surface area contributed by atoms with Crippen molar-refractivity contribution in [1.82, 2.24) is 0 Å². The molecule has 0 heterocycles. The monoisotopic (exact) mass is 352 g/mol. The van der Waals surface area contributed by atoms with Crippen LogP contribution in [0.15, 0.2) is 0 Å². The largest absolute Gasteiger partial charge is 0.469 e. The number of carbonyl (C=O) groups excluding carboxylic acids is 1. The summed E-state index contributed by atoms with van der Waals surface area (Å²) in [4.78, 5) is 13.4.